The fourth-order valence-electron chi connectivity index (χ4n) is 5.72. The van der Waals surface area contributed by atoms with Crippen molar-refractivity contribution in [2.24, 2.45) is 17.8 Å². The minimum Gasteiger partial charge on any atom is -0.394 e. The number of hydrogen-bond donors (Lipinski definition) is 3. The van der Waals surface area contributed by atoms with Gasteiger partial charge in [-0.15, -0.1) is 11.8 Å². The molecule has 2 unspecified atom stereocenters. The van der Waals surface area contributed by atoms with Crippen molar-refractivity contribution in [3.63, 3.8) is 0 Å². The molecule has 176 valence electrons. The number of fused-ring (bicyclic) bond motifs is 1. The number of amides is 3. The van der Waals surface area contributed by atoms with Crippen molar-refractivity contribution in [2.45, 2.75) is 88.3 Å². The Kier molecular flexibility index (Phi) is 7.95. The number of nitrogens with one attached hydrogen (secondary N) is 2. The first-order chi connectivity index (χ1) is 14.8. The second kappa shape index (κ2) is 10.1. The van der Waals surface area contributed by atoms with Gasteiger partial charge in [0.2, 0.25) is 17.7 Å². The third-order valence-electron chi connectivity index (χ3n) is 7.23. The highest BCUT2D eigenvalue weighted by Gasteiger charge is 2.74. The number of aliphatic hydroxyl groups is 1. The Morgan fingerprint density at radius 2 is 1.87 bits per heavy atom. The van der Waals surface area contributed by atoms with E-state index in [-0.39, 0.29) is 35.5 Å². The molecule has 8 heteroatoms. The lowest BCUT2D eigenvalue weighted by molar-refractivity contribution is -0.143. The van der Waals surface area contributed by atoms with Crippen LogP contribution in [0.2, 0.25) is 0 Å². The molecule has 31 heavy (non-hydrogen) atoms. The van der Waals surface area contributed by atoms with E-state index in [1.165, 1.54) is 0 Å². The van der Waals surface area contributed by atoms with Gasteiger partial charge in [0.25, 0.3) is 0 Å². The average Bonchev–Trinajstić information content (AvgIpc) is 3.37. The zero-order valence-electron chi connectivity index (χ0n) is 19.4. The van der Waals surface area contributed by atoms with E-state index in [9.17, 15) is 19.5 Å². The van der Waals surface area contributed by atoms with Crippen LogP contribution in [0.3, 0.4) is 0 Å². The molecule has 0 aromatic rings. The van der Waals surface area contributed by atoms with Crippen molar-refractivity contribution in [1.29, 1.82) is 0 Å². The molecule has 3 saturated heterocycles. The molecule has 1 spiro atoms. The van der Waals surface area contributed by atoms with E-state index in [0.29, 0.717) is 13.1 Å². The number of carbonyl (C=O) groups excluding carboxylic acids is 3. The van der Waals surface area contributed by atoms with Crippen molar-refractivity contribution in [2.75, 3.05) is 19.7 Å². The maximum absolute atomic E-state index is 13.8. The molecule has 3 fully saturated rings. The summed E-state index contributed by atoms with van der Waals surface area (Å²) in [6, 6.07) is -1.07. The Morgan fingerprint density at radius 1 is 1.16 bits per heavy atom. The smallest absolute Gasteiger partial charge is 0.244 e. The van der Waals surface area contributed by atoms with Gasteiger partial charge in [-0.05, 0) is 31.6 Å². The molecule has 3 heterocycles. The van der Waals surface area contributed by atoms with E-state index in [1.54, 1.807) is 16.7 Å². The minimum absolute atomic E-state index is 0.00846. The molecular weight excluding hydrogens is 414 g/mol. The summed E-state index contributed by atoms with van der Waals surface area (Å²) in [6.07, 6.45) is 5.47. The summed E-state index contributed by atoms with van der Waals surface area (Å²) >= 11 is 1.68. The molecule has 2 bridgehead atoms. The summed E-state index contributed by atoms with van der Waals surface area (Å²) in [7, 11) is 0. The number of nitrogens with zero attached hydrogens (tertiary/aromatic N) is 1. The van der Waals surface area contributed by atoms with Gasteiger partial charge >= 0.3 is 0 Å². The molecule has 0 saturated carbocycles. The maximum Gasteiger partial charge on any atom is 0.244 e. The van der Waals surface area contributed by atoms with E-state index in [2.05, 4.69) is 17.6 Å². The predicted molar refractivity (Wildman–Crippen MR) is 123 cm³/mol. The Bertz CT molecular complexity index is 688. The summed E-state index contributed by atoms with van der Waals surface area (Å²) in [6.45, 7) is 9.05. The van der Waals surface area contributed by atoms with Crippen molar-refractivity contribution < 1.29 is 19.5 Å². The normalized spacial score (nSPS) is 32.5. The molecule has 0 aromatic carbocycles. The fraction of sp³-hybridized carbons (Fsp3) is 0.870. The summed E-state index contributed by atoms with van der Waals surface area (Å²) < 4.78 is -0.576. The lowest BCUT2D eigenvalue weighted by atomic mass is 9.70. The van der Waals surface area contributed by atoms with Crippen LogP contribution < -0.4 is 10.6 Å². The zero-order valence-corrected chi connectivity index (χ0v) is 20.2. The van der Waals surface area contributed by atoms with Crippen molar-refractivity contribution >= 4 is 29.5 Å². The zero-order chi connectivity index (χ0) is 22.8. The molecule has 3 N–H and O–H groups in total. The Hall–Kier alpha value is -1.28. The summed E-state index contributed by atoms with van der Waals surface area (Å²) in [5.41, 5.74) is 0. The second-order valence-electron chi connectivity index (χ2n) is 9.58. The number of thioether (sulfide) groups is 1. The fourth-order valence-corrected chi connectivity index (χ4v) is 7.92. The molecule has 7 nitrogen and oxygen atoms in total. The molecule has 3 rings (SSSR count). The minimum atomic E-state index is -0.634. The quantitative estimate of drug-likeness (QED) is 0.415. The number of carbonyl (C=O) groups is 3. The van der Waals surface area contributed by atoms with Gasteiger partial charge in [-0.2, -0.15) is 0 Å². The first kappa shape index (κ1) is 24.4. The first-order valence-corrected chi connectivity index (χ1v) is 12.9. The van der Waals surface area contributed by atoms with E-state index >= 15 is 0 Å². The molecule has 0 aromatic heterocycles. The van der Waals surface area contributed by atoms with E-state index in [1.807, 2.05) is 20.8 Å². The van der Waals surface area contributed by atoms with Crippen LogP contribution in [0.25, 0.3) is 0 Å². The van der Waals surface area contributed by atoms with Gasteiger partial charge in [0.15, 0.2) is 0 Å². The van der Waals surface area contributed by atoms with Crippen LogP contribution in [-0.4, -0.2) is 69.5 Å². The lowest BCUT2D eigenvalue weighted by Crippen LogP contribution is -2.57. The van der Waals surface area contributed by atoms with Crippen molar-refractivity contribution in [3.8, 4) is 0 Å². The lowest BCUT2D eigenvalue weighted by Gasteiger charge is -2.38. The number of rotatable bonds is 11. The number of unbranched alkanes of at least 4 members (excludes halogenated alkanes) is 2. The predicted octanol–water partition coefficient (Wildman–Crippen LogP) is 1.93. The second-order valence-corrected chi connectivity index (χ2v) is 11.2. The third kappa shape index (κ3) is 4.22. The highest BCUT2D eigenvalue weighted by molar-refractivity contribution is 8.02. The van der Waals surface area contributed by atoms with Crippen molar-refractivity contribution in [3.05, 3.63) is 0 Å². The monoisotopic (exact) mass is 453 g/mol. The molecule has 3 aliphatic rings. The van der Waals surface area contributed by atoms with Gasteiger partial charge in [-0.25, -0.2) is 0 Å². The van der Waals surface area contributed by atoms with Gasteiger partial charge in [0.1, 0.15) is 6.04 Å². The number of aliphatic hydroxyl groups excluding tert-OH is 1. The van der Waals surface area contributed by atoms with Crippen molar-refractivity contribution in [1.82, 2.24) is 15.5 Å². The first-order valence-electron chi connectivity index (χ1n) is 12.0. The highest BCUT2D eigenvalue weighted by atomic mass is 32.2. The van der Waals surface area contributed by atoms with Crippen LogP contribution in [0.1, 0.15) is 66.2 Å². The third-order valence-corrected chi connectivity index (χ3v) is 9.18. The molecular formula is C23H39N3O4S. The Balaban J connectivity index is 1.94. The van der Waals surface area contributed by atoms with E-state index in [0.717, 1.165) is 38.5 Å². The molecule has 0 aliphatic carbocycles. The van der Waals surface area contributed by atoms with E-state index < -0.39 is 28.7 Å². The highest BCUT2D eigenvalue weighted by Crippen LogP contribution is 2.66. The van der Waals surface area contributed by atoms with Crippen LogP contribution in [0, 0.1) is 17.8 Å². The Labute approximate surface area is 190 Å². The summed E-state index contributed by atoms with van der Waals surface area (Å²) in [5.74, 6) is -1.21. The van der Waals surface area contributed by atoms with Crippen LogP contribution in [0.5, 0.6) is 0 Å². The van der Waals surface area contributed by atoms with Crippen LogP contribution in [0.4, 0.5) is 0 Å². The molecule has 3 amide bonds. The molecule has 0 radical (unpaired) electrons. The van der Waals surface area contributed by atoms with Gasteiger partial charge in [-0.1, -0.05) is 40.5 Å². The SMILES string of the molecule is CCCCCNC(=O)C1N([C@@H](CO)C(C)C)C(=O)[C@@H]2[C@H](C(=O)NCCC)[C@@H]3CCC12S3. The molecule has 3 aliphatic heterocycles. The van der Waals surface area contributed by atoms with Crippen LogP contribution in [0.15, 0.2) is 0 Å². The van der Waals surface area contributed by atoms with Gasteiger partial charge in [0.05, 0.1) is 29.2 Å². The average molecular weight is 454 g/mol. The van der Waals surface area contributed by atoms with Gasteiger partial charge in [-0.3, -0.25) is 14.4 Å². The van der Waals surface area contributed by atoms with E-state index in [4.69, 9.17) is 0 Å². The topological polar surface area (TPSA) is 98.7 Å². The summed E-state index contributed by atoms with van der Waals surface area (Å²) in [4.78, 5) is 42.0. The molecule has 6 atom stereocenters. The standard InChI is InChI=1S/C23H39N3O4S/c1-5-7-8-12-25-21(29)19-23-10-9-16(31-23)17(20(28)24-11-6-2)18(23)22(30)26(19)15(13-27)14(3)4/h14-19,27H,5-13H2,1-4H3,(H,24,28)(H,25,29)/t15-,16-,17+,18-,19?,23?/m0/s1. The Morgan fingerprint density at radius 3 is 2.48 bits per heavy atom. The number of likely N-dealkylation sites (tertiary alicyclic amines) is 1. The largest absolute Gasteiger partial charge is 0.394 e. The number of hydrogen-bond acceptors (Lipinski definition) is 5. The maximum atomic E-state index is 13.8. The van der Waals surface area contributed by atoms with Crippen LogP contribution in [-0.2, 0) is 14.4 Å². The van der Waals surface area contributed by atoms with Gasteiger partial charge in [0, 0.05) is 18.3 Å². The van der Waals surface area contributed by atoms with Gasteiger partial charge < -0.3 is 20.6 Å². The van der Waals surface area contributed by atoms with Crippen LogP contribution >= 0.6 is 11.8 Å². The summed E-state index contributed by atoms with van der Waals surface area (Å²) in [5, 5.41) is 16.3.